The number of carbonyl (C=O) groups is 1. The molecule has 1 amide bonds. The van der Waals surface area contributed by atoms with Gasteiger partial charge in [-0.15, -0.1) is 0 Å². The normalized spacial score (nSPS) is 16.0. The number of hydrogen-bond acceptors (Lipinski definition) is 6. The van der Waals surface area contributed by atoms with Crippen molar-refractivity contribution in [3.05, 3.63) is 48.0 Å². The van der Waals surface area contributed by atoms with Gasteiger partial charge >= 0.3 is 0 Å². The monoisotopic (exact) mass is 495 g/mol. The van der Waals surface area contributed by atoms with Crippen molar-refractivity contribution in [1.82, 2.24) is 8.61 Å². The van der Waals surface area contributed by atoms with E-state index in [1.807, 2.05) is 0 Å². The van der Waals surface area contributed by atoms with E-state index in [1.54, 1.807) is 25.1 Å². The van der Waals surface area contributed by atoms with Crippen LogP contribution in [0.5, 0.6) is 5.75 Å². The van der Waals surface area contributed by atoms with Crippen molar-refractivity contribution >= 4 is 31.6 Å². The van der Waals surface area contributed by atoms with Crippen LogP contribution in [0, 0.1) is 12.8 Å². The Hall–Kier alpha value is -2.47. The second-order valence-electron chi connectivity index (χ2n) is 8.11. The Morgan fingerprint density at radius 3 is 2.12 bits per heavy atom. The molecule has 11 heteroatoms. The minimum Gasteiger partial charge on any atom is -0.497 e. The number of anilines is 1. The summed E-state index contributed by atoms with van der Waals surface area (Å²) in [7, 11) is -2.88. The Morgan fingerprint density at radius 1 is 1.00 bits per heavy atom. The van der Waals surface area contributed by atoms with Gasteiger partial charge in [0.15, 0.2) is 0 Å². The lowest BCUT2D eigenvalue weighted by Crippen LogP contribution is -2.41. The quantitative estimate of drug-likeness (QED) is 0.631. The van der Waals surface area contributed by atoms with Crippen molar-refractivity contribution in [3.63, 3.8) is 0 Å². The maximum atomic E-state index is 12.9. The Morgan fingerprint density at radius 2 is 1.58 bits per heavy atom. The number of amides is 1. The molecule has 1 aliphatic heterocycles. The van der Waals surface area contributed by atoms with E-state index >= 15 is 0 Å². The molecular formula is C22H29N3O6S2. The summed E-state index contributed by atoms with van der Waals surface area (Å²) in [6.45, 7) is 2.23. The van der Waals surface area contributed by atoms with Crippen LogP contribution in [0.1, 0.15) is 18.4 Å². The zero-order valence-corrected chi connectivity index (χ0v) is 20.7. The topological polar surface area (TPSA) is 113 Å². The summed E-state index contributed by atoms with van der Waals surface area (Å²) in [6.07, 6.45) is 0.742. The number of nitrogens with one attached hydrogen (secondary N) is 1. The molecule has 1 aliphatic rings. The lowest BCUT2D eigenvalue weighted by molar-refractivity contribution is -0.120. The first-order valence-electron chi connectivity index (χ1n) is 10.4. The van der Waals surface area contributed by atoms with Crippen LogP contribution in [0.4, 0.5) is 5.69 Å². The van der Waals surface area contributed by atoms with E-state index in [4.69, 9.17) is 4.74 Å². The Bertz CT molecular complexity index is 1220. The largest absolute Gasteiger partial charge is 0.497 e. The van der Waals surface area contributed by atoms with Gasteiger partial charge in [0.2, 0.25) is 26.0 Å². The molecule has 0 saturated carbocycles. The SMILES string of the molecule is COc1ccc(S(=O)(=O)N2CCC(C(=O)Nc3cc(S(=O)(=O)N(C)C)ccc3C)CC2)cc1. The molecule has 1 fully saturated rings. The van der Waals surface area contributed by atoms with Gasteiger partial charge in [-0.3, -0.25) is 4.79 Å². The molecule has 2 aromatic rings. The van der Waals surface area contributed by atoms with Crippen molar-refractivity contribution in [3.8, 4) is 5.75 Å². The molecular weight excluding hydrogens is 466 g/mol. The predicted molar refractivity (Wildman–Crippen MR) is 125 cm³/mol. The molecule has 33 heavy (non-hydrogen) atoms. The Kier molecular flexibility index (Phi) is 7.47. The van der Waals surface area contributed by atoms with E-state index in [-0.39, 0.29) is 34.7 Å². The number of aryl methyl sites for hydroxylation is 1. The summed E-state index contributed by atoms with van der Waals surface area (Å²) in [5.74, 6) is -0.0538. The first kappa shape index (κ1) is 25.2. The fourth-order valence-corrected chi connectivity index (χ4v) is 6.00. The van der Waals surface area contributed by atoms with Crippen LogP contribution in [0.3, 0.4) is 0 Å². The van der Waals surface area contributed by atoms with E-state index < -0.39 is 20.0 Å². The van der Waals surface area contributed by atoms with E-state index in [0.717, 1.165) is 9.87 Å². The number of nitrogens with zero attached hydrogens (tertiary/aromatic N) is 2. The molecule has 1 heterocycles. The lowest BCUT2D eigenvalue weighted by Gasteiger charge is -2.30. The second-order valence-corrected chi connectivity index (χ2v) is 12.2. The third kappa shape index (κ3) is 5.37. The molecule has 1 saturated heterocycles. The van der Waals surface area contributed by atoms with Gasteiger partial charge in [0.1, 0.15) is 5.75 Å². The Labute approximate surface area is 195 Å². The van der Waals surface area contributed by atoms with Crippen molar-refractivity contribution in [2.75, 3.05) is 39.6 Å². The summed E-state index contributed by atoms with van der Waals surface area (Å²) >= 11 is 0. The van der Waals surface area contributed by atoms with Crippen LogP contribution in [0.2, 0.25) is 0 Å². The van der Waals surface area contributed by atoms with E-state index in [2.05, 4.69) is 5.32 Å². The number of methoxy groups -OCH3 is 1. The predicted octanol–water partition coefficient (Wildman–Crippen LogP) is 2.29. The van der Waals surface area contributed by atoms with Gasteiger partial charge in [-0.05, 0) is 61.7 Å². The van der Waals surface area contributed by atoms with Gasteiger partial charge in [-0.1, -0.05) is 6.07 Å². The van der Waals surface area contributed by atoms with Crippen LogP contribution in [-0.2, 0) is 24.8 Å². The number of rotatable bonds is 7. The molecule has 0 aromatic heterocycles. The highest BCUT2D eigenvalue weighted by Crippen LogP contribution is 2.27. The van der Waals surface area contributed by atoms with E-state index in [1.165, 1.54) is 49.8 Å². The average molecular weight is 496 g/mol. The lowest BCUT2D eigenvalue weighted by atomic mass is 9.97. The summed E-state index contributed by atoms with van der Waals surface area (Å²) in [6, 6.07) is 10.8. The van der Waals surface area contributed by atoms with Crippen LogP contribution in [0.15, 0.2) is 52.3 Å². The van der Waals surface area contributed by atoms with Crippen molar-refractivity contribution < 1.29 is 26.4 Å². The van der Waals surface area contributed by atoms with Crippen LogP contribution in [-0.4, -0.2) is 65.6 Å². The fraction of sp³-hybridized carbons (Fsp3) is 0.409. The van der Waals surface area contributed by atoms with Crippen molar-refractivity contribution in [2.24, 2.45) is 5.92 Å². The van der Waals surface area contributed by atoms with Crippen LogP contribution in [0.25, 0.3) is 0 Å². The van der Waals surface area contributed by atoms with Crippen molar-refractivity contribution in [1.29, 1.82) is 0 Å². The number of benzene rings is 2. The third-order valence-electron chi connectivity index (χ3n) is 5.77. The molecule has 0 radical (unpaired) electrons. The molecule has 0 bridgehead atoms. The van der Waals surface area contributed by atoms with Gasteiger partial charge in [-0.25, -0.2) is 21.1 Å². The molecule has 9 nitrogen and oxygen atoms in total. The van der Waals surface area contributed by atoms with Crippen molar-refractivity contribution in [2.45, 2.75) is 29.6 Å². The standard InChI is InChI=1S/C22H29N3O6S2/c1-16-5-8-20(32(27,28)24(2)3)15-21(16)23-22(26)17-11-13-25(14-12-17)33(29,30)19-9-6-18(31-4)7-10-19/h5-10,15,17H,11-14H2,1-4H3,(H,23,26). The molecule has 0 spiro atoms. The third-order valence-corrected chi connectivity index (χ3v) is 9.49. The number of ether oxygens (including phenoxy) is 1. The van der Waals surface area contributed by atoms with Crippen LogP contribution < -0.4 is 10.1 Å². The molecule has 0 unspecified atom stereocenters. The molecule has 0 aliphatic carbocycles. The summed E-state index contributed by atoms with van der Waals surface area (Å²) < 4.78 is 58.2. The first-order valence-corrected chi connectivity index (χ1v) is 13.3. The molecule has 3 rings (SSSR count). The van der Waals surface area contributed by atoms with Crippen LogP contribution >= 0.6 is 0 Å². The molecule has 0 atom stereocenters. The van der Waals surface area contributed by atoms with Gasteiger partial charge < -0.3 is 10.1 Å². The first-order chi connectivity index (χ1) is 15.5. The molecule has 180 valence electrons. The minimum absolute atomic E-state index is 0.0915. The van der Waals surface area contributed by atoms with Gasteiger partial charge in [0, 0.05) is 38.8 Å². The zero-order chi connectivity index (χ0) is 24.4. The highest BCUT2D eigenvalue weighted by molar-refractivity contribution is 7.89. The zero-order valence-electron chi connectivity index (χ0n) is 19.1. The average Bonchev–Trinajstić information content (AvgIpc) is 2.80. The van der Waals surface area contributed by atoms with Gasteiger partial charge in [0.25, 0.3) is 0 Å². The van der Waals surface area contributed by atoms with Gasteiger partial charge in [-0.2, -0.15) is 4.31 Å². The maximum Gasteiger partial charge on any atom is 0.243 e. The maximum absolute atomic E-state index is 12.9. The number of carbonyl (C=O) groups excluding carboxylic acids is 1. The molecule has 1 N–H and O–H groups in total. The summed E-state index contributed by atoms with van der Waals surface area (Å²) in [5.41, 5.74) is 1.16. The number of piperidine rings is 1. The second kappa shape index (κ2) is 9.80. The van der Waals surface area contributed by atoms with Gasteiger partial charge in [0.05, 0.1) is 16.9 Å². The highest BCUT2D eigenvalue weighted by Gasteiger charge is 2.32. The number of sulfonamides is 2. The fourth-order valence-electron chi connectivity index (χ4n) is 3.60. The Balaban J connectivity index is 1.67. The van der Waals surface area contributed by atoms with E-state index in [9.17, 15) is 21.6 Å². The minimum atomic E-state index is -3.66. The highest BCUT2D eigenvalue weighted by atomic mass is 32.2. The number of hydrogen-bond donors (Lipinski definition) is 1. The summed E-state index contributed by atoms with van der Waals surface area (Å²) in [4.78, 5) is 13.1. The summed E-state index contributed by atoms with van der Waals surface area (Å²) in [5, 5.41) is 2.83. The van der Waals surface area contributed by atoms with E-state index in [0.29, 0.717) is 24.3 Å². The smallest absolute Gasteiger partial charge is 0.243 e. The molecule has 2 aromatic carbocycles.